The fraction of sp³-hybridized carbons (Fsp3) is 0.500. The summed E-state index contributed by atoms with van der Waals surface area (Å²) >= 11 is 0. The van der Waals surface area contributed by atoms with Crippen molar-refractivity contribution < 1.29 is 5.21 Å². The van der Waals surface area contributed by atoms with E-state index in [9.17, 15) is 5.21 Å². The molecule has 1 saturated heterocycles. The highest BCUT2D eigenvalue weighted by Crippen LogP contribution is 2.18. The first kappa shape index (κ1) is 12.7. The van der Waals surface area contributed by atoms with Crippen LogP contribution in [0.15, 0.2) is 29.8 Å². The molecule has 1 N–H and O–H groups in total. The molecule has 0 aromatic carbocycles. The van der Waals surface area contributed by atoms with Crippen LogP contribution in [0.25, 0.3) is 0 Å². The van der Waals surface area contributed by atoms with E-state index in [0.29, 0.717) is 12.0 Å². The Morgan fingerprint density at radius 1 is 1.33 bits per heavy atom. The van der Waals surface area contributed by atoms with Crippen LogP contribution in [0.3, 0.4) is 0 Å². The van der Waals surface area contributed by atoms with Crippen LogP contribution >= 0.6 is 0 Å². The topological polar surface area (TPSA) is 40.8 Å². The molecule has 0 atom stereocenters. The lowest BCUT2D eigenvalue weighted by Crippen LogP contribution is -2.32. The summed E-state index contributed by atoms with van der Waals surface area (Å²) in [5.74, 6) is 0. The van der Waals surface area contributed by atoms with Gasteiger partial charge in [-0.1, -0.05) is 6.08 Å². The van der Waals surface area contributed by atoms with Crippen LogP contribution in [0.2, 0.25) is 0 Å². The van der Waals surface area contributed by atoms with Crippen molar-refractivity contribution in [2.45, 2.75) is 26.2 Å². The molecule has 1 aliphatic rings. The monoisotopic (exact) mass is 247 g/mol. The van der Waals surface area contributed by atoms with Gasteiger partial charge in [0.2, 0.25) is 0 Å². The van der Waals surface area contributed by atoms with Gasteiger partial charge >= 0.3 is 0 Å². The van der Waals surface area contributed by atoms with E-state index >= 15 is 0 Å². The molecule has 18 heavy (non-hydrogen) atoms. The minimum atomic E-state index is 0.517. The zero-order valence-corrected chi connectivity index (χ0v) is 11.0. The summed E-state index contributed by atoms with van der Waals surface area (Å²) in [5, 5.41) is 9.92. The van der Waals surface area contributed by atoms with Gasteiger partial charge in [-0.25, -0.2) is 0 Å². The van der Waals surface area contributed by atoms with Crippen molar-refractivity contribution in [3.05, 3.63) is 36.0 Å². The maximum Gasteiger partial charge on any atom is 0.165 e. The number of hydrogen-bond acceptors (Lipinski definition) is 3. The van der Waals surface area contributed by atoms with Crippen LogP contribution in [0.5, 0.6) is 0 Å². The summed E-state index contributed by atoms with van der Waals surface area (Å²) in [6, 6.07) is 3.96. The number of nitrogens with zero attached hydrogens (tertiary/aromatic N) is 3. The van der Waals surface area contributed by atoms with Gasteiger partial charge in [0, 0.05) is 24.8 Å². The van der Waals surface area contributed by atoms with Crippen molar-refractivity contribution in [2.75, 3.05) is 24.5 Å². The molecule has 0 saturated carbocycles. The lowest BCUT2D eigenvalue weighted by molar-refractivity contribution is 0.165. The quantitative estimate of drug-likeness (QED) is 0.656. The van der Waals surface area contributed by atoms with Crippen LogP contribution in [0, 0.1) is 6.92 Å². The molecule has 2 heterocycles. The average molecular weight is 247 g/mol. The number of rotatable bonds is 3. The zero-order chi connectivity index (χ0) is 13.0. The van der Waals surface area contributed by atoms with Gasteiger partial charge in [0.1, 0.15) is 0 Å². The van der Waals surface area contributed by atoms with Gasteiger partial charge in [-0.3, -0.25) is 4.99 Å². The van der Waals surface area contributed by atoms with Gasteiger partial charge in [-0.05, 0) is 32.3 Å². The minimum absolute atomic E-state index is 0.517. The number of anilines is 1. The molecule has 0 unspecified atom stereocenters. The van der Waals surface area contributed by atoms with Crippen molar-refractivity contribution in [2.24, 2.45) is 4.99 Å². The molecule has 0 spiro atoms. The van der Waals surface area contributed by atoms with Gasteiger partial charge in [0.25, 0.3) is 0 Å². The Labute approximate surface area is 108 Å². The zero-order valence-electron chi connectivity index (χ0n) is 11.0. The Morgan fingerprint density at radius 2 is 2.06 bits per heavy atom. The molecule has 1 aromatic heterocycles. The maximum atomic E-state index is 9.92. The molecule has 1 aliphatic heterocycles. The van der Waals surface area contributed by atoms with Crippen molar-refractivity contribution in [1.29, 1.82) is 0 Å². The smallest absolute Gasteiger partial charge is 0.165 e. The molecule has 0 radical (unpaired) electrons. The summed E-state index contributed by atoms with van der Waals surface area (Å²) in [6.45, 7) is 8.24. The molecule has 2 rings (SSSR count). The molecule has 98 valence electrons. The van der Waals surface area contributed by atoms with E-state index < -0.39 is 0 Å². The van der Waals surface area contributed by atoms with Crippen LogP contribution in [-0.4, -0.2) is 29.6 Å². The predicted octanol–water partition coefficient (Wildman–Crippen LogP) is 2.11. The minimum Gasteiger partial charge on any atom is -0.427 e. The van der Waals surface area contributed by atoms with E-state index in [4.69, 9.17) is 0 Å². The van der Waals surface area contributed by atoms with Gasteiger partial charge < -0.3 is 10.1 Å². The first-order valence-corrected chi connectivity index (χ1v) is 6.51. The molecule has 4 nitrogen and oxygen atoms in total. The molecular weight excluding hydrogens is 226 g/mol. The first-order valence-electron chi connectivity index (χ1n) is 6.51. The standard InChI is InChI=1S/C14H21N3O/c1-3-7-15-14-11-13(10-12(2)17(14)18)16-8-5-4-6-9-16/h3,10-11,18H,1,4-9H2,2H3. The van der Waals surface area contributed by atoms with Gasteiger partial charge in [0.15, 0.2) is 5.49 Å². The first-order chi connectivity index (χ1) is 8.72. The lowest BCUT2D eigenvalue weighted by atomic mass is 10.1. The Balaban J connectivity index is 2.36. The molecular formula is C14H21N3O. The van der Waals surface area contributed by atoms with Gasteiger partial charge in [-0.15, -0.1) is 6.58 Å². The maximum absolute atomic E-state index is 9.92. The highest BCUT2D eigenvalue weighted by Gasteiger charge is 2.12. The normalized spacial score (nSPS) is 16.9. The molecule has 0 bridgehead atoms. The summed E-state index contributed by atoms with van der Waals surface area (Å²) in [7, 11) is 0. The summed E-state index contributed by atoms with van der Waals surface area (Å²) in [5.41, 5.74) is 2.55. The molecule has 4 heteroatoms. The van der Waals surface area contributed by atoms with E-state index in [1.165, 1.54) is 19.3 Å². The Bertz CT molecular complexity index is 484. The molecule has 1 fully saturated rings. The number of hydrogen-bond donors (Lipinski definition) is 1. The third-order valence-corrected chi connectivity index (χ3v) is 3.29. The third-order valence-electron chi connectivity index (χ3n) is 3.29. The van der Waals surface area contributed by atoms with Crippen LogP contribution in [0.4, 0.5) is 5.69 Å². The Hall–Kier alpha value is -1.71. The Kier molecular flexibility index (Phi) is 4.07. The highest BCUT2D eigenvalue weighted by molar-refractivity contribution is 5.46. The van der Waals surface area contributed by atoms with Crippen molar-refractivity contribution in [3.63, 3.8) is 0 Å². The van der Waals surface area contributed by atoms with Gasteiger partial charge in [0.05, 0.1) is 12.2 Å². The van der Waals surface area contributed by atoms with Crippen molar-refractivity contribution in [1.82, 2.24) is 4.73 Å². The highest BCUT2D eigenvalue weighted by atomic mass is 16.5. The number of pyridine rings is 1. The van der Waals surface area contributed by atoms with E-state index in [-0.39, 0.29) is 0 Å². The largest absolute Gasteiger partial charge is 0.427 e. The number of piperidine rings is 1. The fourth-order valence-electron chi connectivity index (χ4n) is 2.30. The molecule has 1 aromatic rings. The molecule has 0 amide bonds. The predicted molar refractivity (Wildman–Crippen MR) is 73.0 cm³/mol. The second kappa shape index (κ2) is 5.76. The molecule has 0 aliphatic carbocycles. The summed E-state index contributed by atoms with van der Waals surface area (Å²) in [4.78, 5) is 6.67. The van der Waals surface area contributed by atoms with E-state index in [1.54, 1.807) is 6.08 Å². The second-order valence-electron chi connectivity index (χ2n) is 4.70. The van der Waals surface area contributed by atoms with Crippen LogP contribution in [0.1, 0.15) is 25.0 Å². The van der Waals surface area contributed by atoms with E-state index in [1.807, 2.05) is 19.1 Å². The van der Waals surface area contributed by atoms with Crippen molar-refractivity contribution >= 4 is 5.69 Å². The third kappa shape index (κ3) is 2.75. The fourth-order valence-corrected chi connectivity index (χ4v) is 2.30. The van der Waals surface area contributed by atoms with Gasteiger partial charge in [-0.2, -0.15) is 4.73 Å². The van der Waals surface area contributed by atoms with Crippen LogP contribution < -0.4 is 10.4 Å². The SMILES string of the molecule is C=CCN=c1cc(N2CCCCC2)cc(C)n1O. The van der Waals surface area contributed by atoms with Crippen molar-refractivity contribution in [3.8, 4) is 0 Å². The summed E-state index contributed by atoms with van der Waals surface area (Å²) < 4.78 is 1.14. The number of aryl methyl sites for hydroxylation is 1. The average Bonchev–Trinajstić information content (AvgIpc) is 2.41. The van der Waals surface area contributed by atoms with E-state index in [0.717, 1.165) is 29.2 Å². The summed E-state index contributed by atoms with van der Waals surface area (Å²) in [6.07, 6.45) is 5.53. The number of aromatic nitrogens is 1. The van der Waals surface area contributed by atoms with Crippen LogP contribution in [-0.2, 0) is 0 Å². The lowest BCUT2D eigenvalue weighted by Gasteiger charge is -2.29. The Morgan fingerprint density at radius 3 is 2.72 bits per heavy atom. The second-order valence-corrected chi connectivity index (χ2v) is 4.70. The van der Waals surface area contributed by atoms with E-state index in [2.05, 4.69) is 16.5 Å².